The van der Waals surface area contributed by atoms with Crippen molar-refractivity contribution >= 4 is 11.6 Å². The average molecular weight is 283 g/mol. The van der Waals surface area contributed by atoms with Crippen LogP contribution in [0.15, 0.2) is 22.6 Å². The third-order valence-electron chi connectivity index (χ3n) is 3.13. The molecule has 2 aromatic rings. The second kappa shape index (κ2) is 6.23. The number of nitrogens with one attached hydrogen (secondary N) is 1. The van der Waals surface area contributed by atoms with Crippen LogP contribution in [0.1, 0.15) is 37.0 Å². The fourth-order valence-electron chi connectivity index (χ4n) is 2.09. The van der Waals surface area contributed by atoms with E-state index < -0.39 is 0 Å². The number of hydrogen-bond donors (Lipinski definition) is 2. The lowest BCUT2D eigenvalue weighted by Gasteiger charge is -2.13. The minimum atomic E-state index is -0.112. The maximum atomic E-state index is 5.80. The first-order valence-corrected chi connectivity index (χ1v) is 6.82. The van der Waals surface area contributed by atoms with Crippen molar-refractivity contribution in [1.82, 2.24) is 15.2 Å². The molecule has 5 nitrogen and oxygen atoms in total. The average Bonchev–Trinajstić information content (AvgIpc) is 3.01. The number of nitrogens with two attached hydrogens (primary N) is 1. The number of aryl methyl sites for hydroxylation is 2. The van der Waals surface area contributed by atoms with E-state index in [9.17, 15) is 0 Å². The summed E-state index contributed by atoms with van der Waals surface area (Å²) in [5.41, 5.74) is 4.99. The molecule has 0 amide bonds. The summed E-state index contributed by atoms with van der Waals surface area (Å²) in [6.45, 7) is 5.01. The van der Waals surface area contributed by atoms with Gasteiger partial charge < -0.3 is 4.42 Å². The van der Waals surface area contributed by atoms with Gasteiger partial charge in [-0.25, -0.2) is 5.43 Å². The van der Waals surface area contributed by atoms with Gasteiger partial charge in [0.2, 0.25) is 0 Å². The number of furan rings is 1. The Morgan fingerprint density at radius 2 is 2.26 bits per heavy atom. The van der Waals surface area contributed by atoms with Gasteiger partial charge in [0.1, 0.15) is 5.76 Å². The Morgan fingerprint density at radius 3 is 2.79 bits per heavy atom. The van der Waals surface area contributed by atoms with Gasteiger partial charge >= 0.3 is 0 Å². The van der Waals surface area contributed by atoms with Gasteiger partial charge in [-0.3, -0.25) is 10.5 Å². The van der Waals surface area contributed by atoms with E-state index in [1.165, 1.54) is 0 Å². The fourth-order valence-corrected chi connectivity index (χ4v) is 2.24. The van der Waals surface area contributed by atoms with Gasteiger partial charge in [-0.2, -0.15) is 5.10 Å². The van der Waals surface area contributed by atoms with E-state index in [2.05, 4.69) is 30.4 Å². The van der Waals surface area contributed by atoms with E-state index in [1.807, 2.05) is 10.7 Å². The van der Waals surface area contributed by atoms with E-state index in [-0.39, 0.29) is 6.04 Å². The van der Waals surface area contributed by atoms with Crippen molar-refractivity contribution in [1.29, 1.82) is 0 Å². The molecular formula is C13H19ClN4O. The van der Waals surface area contributed by atoms with E-state index in [1.54, 1.807) is 6.07 Å². The summed E-state index contributed by atoms with van der Waals surface area (Å²) < 4.78 is 7.40. The van der Waals surface area contributed by atoms with Crippen LogP contribution >= 0.6 is 11.6 Å². The van der Waals surface area contributed by atoms with E-state index in [0.29, 0.717) is 11.6 Å². The quantitative estimate of drug-likeness (QED) is 0.631. The highest BCUT2D eigenvalue weighted by molar-refractivity contribution is 6.28. The van der Waals surface area contributed by atoms with Crippen LogP contribution < -0.4 is 11.3 Å². The van der Waals surface area contributed by atoms with Gasteiger partial charge in [0, 0.05) is 18.7 Å². The van der Waals surface area contributed by atoms with Crippen molar-refractivity contribution in [2.24, 2.45) is 5.84 Å². The molecule has 0 fully saturated rings. The molecule has 0 radical (unpaired) electrons. The summed E-state index contributed by atoms with van der Waals surface area (Å²) in [6.07, 6.45) is 1.63. The summed E-state index contributed by atoms with van der Waals surface area (Å²) >= 11 is 5.80. The smallest absolute Gasteiger partial charge is 0.193 e. The van der Waals surface area contributed by atoms with Gasteiger partial charge in [-0.05, 0) is 43.1 Å². The van der Waals surface area contributed by atoms with Crippen LogP contribution in [-0.4, -0.2) is 9.78 Å². The predicted molar refractivity (Wildman–Crippen MR) is 74.8 cm³/mol. The van der Waals surface area contributed by atoms with Gasteiger partial charge in [0.05, 0.1) is 11.7 Å². The highest BCUT2D eigenvalue weighted by atomic mass is 35.5. The Labute approximate surface area is 117 Å². The van der Waals surface area contributed by atoms with Crippen molar-refractivity contribution in [3.05, 3.63) is 40.6 Å². The molecular weight excluding hydrogens is 264 g/mol. The second-order valence-corrected chi connectivity index (χ2v) is 4.73. The van der Waals surface area contributed by atoms with Crippen molar-refractivity contribution in [2.45, 2.75) is 39.3 Å². The lowest BCUT2D eigenvalue weighted by molar-refractivity contribution is 0.409. The Kier molecular flexibility index (Phi) is 4.63. The van der Waals surface area contributed by atoms with E-state index >= 15 is 0 Å². The molecule has 3 N–H and O–H groups in total. The lowest BCUT2D eigenvalue weighted by atomic mass is 10.1. The van der Waals surface area contributed by atoms with Crippen LogP contribution in [-0.2, 0) is 19.4 Å². The first-order chi connectivity index (χ1) is 9.17. The largest absolute Gasteiger partial charge is 0.448 e. The zero-order chi connectivity index (χ0) is 13.8. The molecule has 2 rings (SSSR count). The minimum Gasteiger partial charge on any atom is -0.448 e. The number of hydrazine groups is 1. The van der Waals surface area contributed by atoms with Gasteiger partial charge in [0.25, 0.3) is 0 Å². The summed E-state index contributed by atoms with van der Waals surface area (Å²) in [4.78, 5) is 0. The monoisotopic (exact) mass is 282 g/mol. The van der Waals surface area contributed by atoms with Crippen molar-refractivity contribution < 1.29 is 4.42 Å². The summed E-state index contributed by atoms with van der Waals surface area (Å²) in [5.74, 6) is 6.34. The molecule has 2 aromatic heterocycles. The SMILES string of the molecule is CCc1cc(CC(NN)c2ccc(Cl)o2)n(CC)n1. The van der Waals surface area contributed by atoms with Crippen LogP contribution in [0.4, 0.5) is 0 Å². The number of hydrogen-bond acceptors (Lipinski definition) is 4. The van der Waals surface area contributed by atoms with Crippen LogP contribution in [0, 0.1) is 0 Å². The molecule has 0 aliphatic rings. The topological polar surface area (TPSA) is 69.0 Å². The Hall–Kier alpha value is -1.30. The minimum absolute atomic E-state index is 0.112. The third-order valence-corrected chi connectivity index (χ3v) is 3.33. The molecule has 0 bridgehead atoms. The number of rotatable bonds is 6. The molecule has 19 heavy (non-hydrogen) atoms. The molecule has 104 valence electrons. The molecule has 1 atom stereocenters. The predicted octanol–water partition coefficient (Wildman–Crippen LogP) is 2.46. The molecule has 0 spiro atoms. The lowest BCUT2D eigenvalue weighted by Crippen LogP contribution is -2.30. The van der Waals surface area contributed by atoms with Gasteiger partial charge in [-0.15, -0.1) is 0 Å². The Morgan fingerprint density at radius 1 is 1.47 bits per heavy atom. The molecule has 0 saturated carbocycles. The zero-order valence-electron chi connectivity index (χ0n) is 11.2. The molecule has 0 saturated heterocycles. The van der Waals surface area contributed by atoms with Gasteiger partial charge in [-0.1, -0.05) is 6.92 Å². The van der Waals surface area contributed by atoms with Crippen molar-refractivity contribution in [2.75, 3.05) is 0 Å². The molecule has 2 heterocycles. The number of halogens is 1. The fraction of sp³-hybridized carbons (Fsp3) is 0.462. The summed E-state index contributed by atoms with van der Waals surface area (Å²) in [6, 6.07) is 5.55. The number of nitrogens with zero attached hydrogens (tertiary/aromatic N) is 2. The normalized spacial score (nSPS) is 12.8. The first kappa shape index (κ1) is 14.1. The third kappa shape index (κ3) is 3.18. The van der Waals surface area contributed by atoms with Crippen LogP contribution in [0.2, 0.25) is 5.22 Å². The maximum absolute atomic E-state index is 5.80. The number of aromatic nitrogens is 2. The Balaban J connectivity index is 2.20. The summed E-state index contributed by atoms with van der Waals surface area (Å²) in [7, 11) is 0. The highest BCUT2D eigenvalue weighted by Crippen LogP contribution is 2.23. The maximum Gasteiger partial charge on any atom is 0.193 e. The zero-order valence-corrected chi connectivity index (χ0v) is 11.9. The van der Waals surface area contributed by atoms with Crippen molar-refractivity contribution in [3.63, 3.8) is 0 Å². The Bertz CT molecular complexity index is 534. The van der Waals surface area contributed by atoms with Crippen LogP contribution in [0.25, 0.3) is 0 Å². The van der Waals surface area contributed by atoms with E-state index in [4.69, 9.17) is 21.9 Å². The molecule has 0 aromatic carbocycles. The first-order valence-electron chi connectivity index (χ1n) is 6.44. The molecule has 0 aliphatic carbocycles. The molecule has 1 unspecified atom stereocenters. The molecule has 0 aliphatic heterocycles. The van der Waals surface area contributed by atoms with Crippen LogP contribution in [0.3, 0.4) is 0 Å². The van der Waals surface area contributed by atoms with E-state index in [0.717, 1.165) is 30.1 Å². The standard InChI is InChI=1S/C13H19ClN4O/c1-3-9-7-10(18(4-2)17-9)8-11(16-15)12-5-6-13(14)19-12/h5-7,11,16H,3-4,8,15H2,1-2H3. The summed E-state index contributed by atoms with van der Waals surface area (Å²) in [5, 5.41) is 4.89. The second-order valence-electron chi connectivity index (χ2n) is 4.36. The molecule has 6 heteroatoms. The van der Waals surface area contributed by atoms with Crippen molar-refractivity contribution in [3.8, 4) is 0 Å². The van der Waals surface area contributed by atoms with Crippen LogP contribution in [0.5, 0.6) is 0 Å². The highest BCUT2D eigenvalue weighted by Gasteiger charge is 2.17. The van der Waals surface area contributed by atoms with Gasteiger partial charge in [0.15, 0.2) is 5.22 Å².